The molecule has 1 aromatic carbocycles. The number of rotatable bonds is 6. The molecule has 0 fully saturated rings. The summed E-state index contributed by atoms with van der Waals surface area (Å²) in [5, 5.41) is 13.7. The minimum absolute atomic E-state index is 0.164. The first-order valence-corrected chi connectivity index (χ1v) is 6.79. The normalized spacial score (nSPS) is 14.0. The fraction of sp³-hybridized carbons (Fsp3) is 0.400. The van der Waals surface area contributed by atoms with Crippen LogP contribution >= 0.6 is 0 Å². The maximum Gasteiger partial charge on any atom is 0.253 e. The van der Waals surface area contributed by atoms with Crippen molar-refractivity contribution in [1.82, 2.24) is 10.3 Å². The number of aromatic nitrogens is 1. The Morgan fingerprint density at radius 1 is 1.52 bits per heavy atom. The minimum Gasteiger partial charge on any atom is -0.399 e. The number of fused-ring (bicyclic) bond motifs is 1. The second-order valence-electron chi connectivity index (χ2n) is 5.43. The first kappa shape index (κ1) is 15.3. The van der Waals surface area contributed by atoms with Gasteiger partial charge in [0.05, 0.1) is 11.2 Å². The number of nitrogens with two attached hydrogens (primary N) is 1. The topological polar surface area (TPSA) is 100 Å². The van der Waals surface area contributed by atoms with Gasteiger partial charge in [0.1, 0.15) is 0 Å². The number of carbonyl (C=O) groups is 1. The van der Waals surface area contributed by atoms with E-state index in [1.807, 2.05) is 0 Å². The van der Waals surface area contributed by atoms with E-state index in [1.54, 1.807) is 38.4 Å². The van der Waals surface area contributed by atoms with Crippen LogP contribution in [0.4, 0.5) is 5.69 Å². The number of benzene rings is 1. The van der Waals surface area contributed by atoms with E-state index in [9.17, 15) is 9.90 Å². The molecule has 0 aliphatic rings. The Labute approximate surface area is 123 Å². The van der Waals surface area contributed by atoms with E-state index in [1.165, 1.54) is 0 Å². The molecule has 1 amide bonds. The first-order valence-electron chi connectivity index (χ1n) is 6.79. The van der Waals surface area contributed by atoms with Crippen LogP contribution in [-0.2, 0) is 4.74 Å². The molecule has 6 nitrogen and oxygen atoms in total. The molecule has 0 saturated heterocycles. The molecule has 1 heterocycles. The zero-order valence-electron chi connectivity index (χ0n) is 12.3. The Hall–Kier alpha value is -2.05. The van der Waals surface area contributed by atoms with E-state index in [0.29, 0.717) is 24.3 Å². The number of aromatic amines is 1. The fourth-order valence-electron chi connectivity index (χ4n) is 2.11. The van der Waals surface area contributed by atoms with Gasteiger partial charge in [0.25, 0.3) is 5.91 Å². The molecule has 5 N–H and O–H groups in total. The minimum atomic E-state index is -0.998. The predicted octanol–water partition coefficient (Wildman–Crippen LogP) is 1.27. The van der Waals surface area contributed by atoms with Crippen molar-refractivity contribution in [3.05, 3.63) is 30.0 Å². The number of aliphatic hydroxyl groups is 1. The summed E-state index contributed by atoms with van der Waals surface area (Å²) in [6.07, 6.45) is 2.09. The largest absolute Gasteiger partial charge is 0.399 e. The summed E-state index contributed by atoms with van der Waals surface area (Å²) < 4.78 is 4.94. The highest BCUT2D eigenvalue weighted by molar-refractivity contribution is 6.07. The Morgan fingerprint density at radius 2 is 2.29 bits per heavy atom. The van der Waals surface area contributed by atoms with Gasteiger partial charge in [0.15, 0.2) is 0 Å². The van der Waals surface area contributed by atoms with E-state index < -0.39 is 5.60 Å². The average Bonchev–Trinajstić information content (AvgIpc) is 2.85. The number of carbonyl (C=O) groups excluding carboxylic acids is 1. The van der Waals surface area contributed by atoms with E-state index >= 15 is 0 Å². The Bertz CT molecular complexity index is 634. The van der Waals surface area contributed by atoms with Gasteiger partial charge >= 0.3 is 0 Å². The molecular weight excluding hydrogens is 270 g/mol. The lowest BCUT2D eigenvalue weighted by molar-refractivity contribution is 0.0244. The molecule has 1 atom stereocenters. The monoisotopic (exact) mass is 291 g/mol. The summed E-state index contributed by atoms with van der Waals surface area (Å²) in [5.74, 6) is -0.233. The van der Waals surface area contributed by atoms with Crippen LogP contribution in [0.3, 0.4) is 0 Å². The van der Waals surface area contributed by atoms with Gasteiger partial charge in [-0.3, -0.25) is 4.79 Å². The van der Waals surface area contributed by atoms with Crippen LogP contribution in [0.25, 0.3) is 10.9 Å². The van der Waals surface area contributed by atoms with Crippen molar-refractivity contribution < 1.29 is 14.6 Å². The highest BCUT2D eigenvalue weighted by Gasteiger charge is 2.22. The highest BCUT2D eigenvalue weighted by atomic mass is 16.5. The second-order valence-corrected chi connectivity index (χ2v) is 5.43. The van der Waals surface area contributed by atoms with E-state index in [4.69, 9.17) is 10.5 Å². The SMILES string of the molecule is COCCC(C)(O)CNC(=O)c1c[nH]c2cc(N)ccc12. The molecule has 0 saturated carbocycles. The number of amides is 1. The summed E-state index contributed by atoms with van der Waals surface area (Å²) >= 11 is 0. The smallest absolute Gasteiger partial charge is 0.253 e. The van der Waals surface area contributed by atoms with Crippen LogP contribution in [0.2, 0.25) is 0 Å². The second kappa shape index (κ2) is 6.15. The molecule has 114 valence electrons. The third-order valence-corrected chi connectivity index (χ3v) is 3.42. The Balaban J connectivity index is 2.06. The predicted molar refractivity (Wildman–Crippen MR) is 82.2 cm³/mol. The van der Waals surface area contributed by atoms with Crippen LogP contribution in [0.1, 0.15) is 23.7 Å². The van der Waals surface area contributed by atoms with Gasteiger partial charge in [0.2, 0.25) is 0 Å². The molecule has 0 aliphatic heterocycles. The average molecular weight is 291 g/mol. The highest BCUT2D eigenvalue weighted by Crippen LogP contribution is 2.20. The number of hydrogen-bond donors (Lipinski definition) is 4. The van der Waals surface area contributed by atoms with Crippen molar-refractivity contribution in [1.29, 1.82) is 0 Å². The lowest BCUT2D eigenvalue weighted by atomic mass is 10.0. The van der Waals surface area contributed by atoms with Crippen molar-refractivity contribution in [2.24, 2.45) is 0 Å². The Kier molecular flexibility index (Phi) is 4.50. The van der Waals surface area contributed by atoms with E-state index in [-0.39, 0.29) is 12.5 Å². The quantitative estimate of drug-likeness (QED) is 0.602. The first-order chi connectivity index (χ1) is 9.93. The van der Waals surface area contributed by atoms with Crippen LogP contribution in [0, 0.1) is 0 Å². The number of nitrogen functional groups attached to an aromatic ring is 1. The van der Waals surface area contributed by atoms with Gasteiger partial charge in [-0.15, -0.1) is 0 Å². The summed E-state index contributed by atoms with van der Waals surface area (Å²) in [6.45, 7) is 2.27. The molecule has 6 heteroatoms. The summed E-state index contributed by atoms with van der Waals surface area (Å²) in [7, 11) is 1.58. The van der Waals surface area contributed by atoms with Crippen molar-refractivity contribution in [2.45, 2.75) is 18.9 Å². The molecule has 0 bridgehead atoms. The van der Waals surface area contributed by atoms with Gasteiger partial charge in [-0.1, -0.05) is 0 Å². The molecule has 0 aliphatic carbocycles. The van der Waals surface area contributed by atoms with Crippen molar-refractivity contribution >= 4 is 22.5 Å². The molecule has 0 spiro atoms. The van der Waals surface area contributed by atoms with Gasteiger partial charge in [-0.25, -0.2) is 0 Å². The molecule has 1 aromatic heterocycles. The third-order valence-electron chi connectivity index (χ3n) is 3.42. The summed E-state index contributed by atoms with van der Waals surface area (Å²) in [6, 6.07) is 5.34. The molecule has 2 rings (SSSR count). The summed E-state index contributed by atoms with van der Waals surface area (Å²) in [5.41, 5.74) is 6.69. The van der Waals surface area contributed by atoms with Gasteiger partial charge in [-0.05, 0) is 25.1 Å². The Morgan fingerprint density at radius 3 is 3.00 bits per heavy atom. The molecule has 0 radical (unpaired) electrons. The third kappa shape index (κ3) is 3.74. The maximum atomic E-state index is 12.2. The fourth-order valence-corrected chi connectivity index (χ4v) is 2.11. The number of methoxy groups -OCH3 is 1. The standard InChI is InChI=1S/C15H21N3O3/c1-15(20,5-6-21-2)9-18-14(19)12-8-17-13-7-10(16)3-4-11(12)13/h3-4,7-8,17,20H,5-6,9,16H2,1-2H3,(H,18,19). The lowest BCUT2D eigenvalue weighted by Gasteiger charge is -2.23. The molecule has 1 unspecified atom stereocenters. The molecular formula is C15H21N3O3. The van der Waals surface area contributed by atoms with Crippen molar-refractivity contribution in [3.8, 4) is 0 Å². The van der Waals surface area contributed by atoms with Gasteiger partial charge < -0.3 is 25.9 Å². The van der Waals surface area contributed by atoms with E-state index in [0.717, 1.165) is 10.9 Å². The van der Waals surface area contributed by atoms with Crippen LogP contribution < -0.4 is 11.1 Å². The van der Waals surface area contributed by atoms with Gasteiger partial charge in [-0.2, -0.15) is 0 Å². The van der Waals surface area contributed by atoms with Crippen LogP contribution in [0.5, 0.6) is 0 Å². The number of nitrogens with one attached hydrogen (secondary N) is 2. The number of anilines is 1. The van der Waals surface area contributed by atoms with Crippen LogP contribution in [-0.4, -0.2) is 41.9 Å². The number of ether oxygens (including phenoxy) is 1. The van der Waals surface area contributed by atoms with Crippen molar-refractivity contribution in [2.75, 3.05) is 26.0 Å². The zero-order valence-corrected chi connectivity index (χ0v) is 12.3. The zero-order chi connectivity index (χ0) is 15.5. The lowest BCUT2D eigenvalue weighted by Crippen LogP contribution is -2.41. The maximum absolute atomic E-state index is 12.2. The van der Waals surface area contributed by atoms with Gasteiger partial charge in [0, 0.05) is 49.5 Å². The number of hydrogen-bond acceptors (Lipinski definition) is 4. The summed E-state index contributed by atoms with van der Waals surface area (Å²) in [4.78, 5) is 15.2. The number of H-pyrrole nitrogens is 1. The van der Waals surface area contributed by atoms with Crippen molar-refractivity contribution in [3.63, 3.8) is 0 Å². The molecule has 21 heavy (non-hydrogen) atoms. The van der Waals surface area contributed by atoms with E-state index in [2.05, 4.69) is 10.3 Å². The van der Waals surface area contributed by atoms with Crippen LogP contribution in [0.15, 0.2) is 24.4 Å². The molecule has 2 aromatic rings.